The monoisotopic (exact) mass is 353 g/mol. The summed E-state index contributed by atoms with van der Waals surface area (Å²) >= 11 is 0. The van der Waals surface area contributed by atoms with E-state index in [0.717, 1.165) is 43.3 Å². The minimum atomic E-state index is -0.560. The van der Waals surface area contributed by atoms with Crippen molar-refractivity contribution >= 4 is 23.2 Å². The lowest BCUT2D eigenvalue weighted by Crippen LogP contribution is -2.46. The zero-order valence-electron chi connectivity index (χ0n) is 14.6. The van der Waals surface area contributed by atoms with E-state index < -0.39 is 17.6 Å². The molecule has 4 rings (SSSR count). The van der Waals surface area contributed by atoms with Gasteiger partial charge in [0.25, 0.3) is 11.8 Å². The molecule has 0 spiro atoms. The first kappa shape index (κ1) is 16.7. The molecule has 1 fully saturated rings. The van der Waals surface area contributed by atoms with Gasteiger partial charge in [-0.1, -0.05) is 19.1 Å². The number of amides is 2. The van der Waals surface area contributed by atoms with Gasteiger partial charge in [-0.05, 0) is 36.9 Å². The highest BCUT2D eigenvalue weighted by molar-refractivity contribution is 6.34. The quantitative estimate of drug-likeness (QED) is 0.796. The molecular formula is C20H20FN3O2. The number of hydrogen-bond donors (Lipinski definition) is 0. The molecule has 0 saturated carbocycles. The average molecular weight is 353 g/mol. The highest BCUT2D eigenvalue weighted by Crippen LogP contribution is 2.32. The molecule has 0 bridgehead atoms. The van der Waals surface area contributed by atoms with E-state index >= 15 is 0 Å². The smallest absolute Gasteiger partial charge is 0.266 e. The van der Waals surface area contributed by atoms with Gasteiger partial charge in [0.2, 0.25) is 0 Å². The van der Waals surface area contributed by atoms with Crippen molar-refractivity contribution in [1.29, 1.82) is 0 Å². The maximum absolute atomic E-state index is 14.8. The first-order valence-electron chi connectivity index (χ1n) is 8.85. The Balaban J connectivity index is 1.60. The SMILES string of the molecule is CCN1CCN(c2ccc(N3C(=O)c4ccccc4C3=O)c(F)c2)CC1. The summed E-state index contributed by atoms with van der Waals surface area (Å²) in [5, 5.41) is 0. The van der Waals surface area contributed by atoms with Crippen LogP contribution in [-0.2, 0) is 0 Å². The molecule has 1 saturated heterocycles. The summed E-state index contributed by atoms with van der Waals surface area (Å²) in [4.78, 5) is 30.5. The van der Waals surface area contributed by atoms with Gasteiger partial charge in [-0.2, -0.15) is 0 Å². The number of likely N-dealkylation sites (N-methyl/N-ethyl adjacent to an activating group) is 1. The Morgan fingerprint density at radius 3 is 2.08 bits per heavy atom. The molecule has 0 N–H and O–H groups in total. The molecule has 5 nitrogen and oxygen atoms in total. The normalized spacial score (nSPS) is 17.8. The summed E-state index contributed by atoms with van der Waals surface area (Å²) in [6.07, 6.45) is 0. The molecule has 0 atom stereocenters. The minimum Gasteiger partial charge on any atom is -0.369 e. The molecule has 2 amide bonds. The Morgan fingerprint density at radius 2 is 1.54 bits per heavy atom. The van der Waals surface area contributed by atoms with Gasteiger partial charge in [0.15, 0.2) is 0 Å². The molecule has 2 aromatic carbocycles. The van der Waals surface area contributed by atoms with E-state index in [-0.39, 0.29) is 5.69 Å². The van der Waals surface area contributed by atoms with Crippen molar-refractivity contribution in [3.8, 4) is 0 Å². The third-order valence-corrected chi connectivity index (χ3v) is 5.15. The summed E-state index contributed by atoms with van der Waals surface area (Å²) in [6.45, 7) is 6.70. The topological polar surface area (TPSA) is 43.9 Å². The van der Waals surface area contributed by atoms with E-state index in [4.69, 9.17) is 0 Å². The molecule has 2 heterocycles. The number of piperazine rings is 1. The Bertz CT molecular complexity index is 840. The van der Waals surface area contributed by atoms with Gasteiger partial charge >= 0.3 is 0 Å². The third-order valence-electron chi connectivity index (χ3n) is 5.15. The van der Waals surface area contributed by atoms with Gasteiger partial charge in [0.05, 0.1) is 16.8 Å². The van der Waals surface area contributed by atoms with Gasteiger partial charge in [-0.25, -0.2) is 9.29 Å². The van der Waals surface area contributed by atoms with Gasteiger partial charge in [0, 0.05) is 31.9 Å². The summed E-state index contributed by atoms with van der Waals surface area (Å²) in [7, 11) is 0. The summed E-state index contributed by atoms with van der Waals surface area (Å²) in [5.41, 5.74) is 1.42. The van der Waals surface area contributed by atoms with Crippen molar-refractivity contribution < 1.29 is 14.0 Å². The van der Waals surface area contributed by atoms with Crippen LogP contribution in [0.1, 0.15) is 27.6 Å². The first-order chi connectivity index (χ1) is 12.6. The average Bonchev–Trinajstić information content (AvgIpc) is 2.93. The summed E-state index contributed by atoms with van der Waals surface area (Å²) < 4.78 is 14.8. The Morgan fingerprint density at radius 1 is 0.923 bits per heavy atom. The van der Waals surface area contributed by atoms with E-state index in [2.05, 4.69) is 16.7 Å². The van der Waals surface area contributed by atoms with E-state index in [1.165, 1.54) is 12.1 Å². The molecule has 2 aliphatic rings. The van der Waals surface area contributed by atoms with Crippen LogP contribution in [0.3, 0.4) is 0 Å². The van der Waals surface area contributed by atoms with Crippen LogP contribution in [0.5, 0.6) is 0 Å². The summed E-state index contributed by atoms with van der Waals surface area (Å²) in [5.74, 6) is -1.52. The lowest BCUT2D eigenvalue weighted by Gasteiger charge is -2.35. The van der Waals surface area contributed by atoms with Crippen LogP contribution in [0.4, 0.5) is 15.8 Å². The van der Waals surface area contributed by atoms with Crippen LogP contribution in [0, 0.1) is 5.82 Å². The third kappa shape index (κ3) is 2.66. The molecule has 134 valence electrons. The number of carbonyl (C=O) groups is 2. The predicted octanol–water partition coefficient (Wildman–Crippen LogP) is 2.77. The zero-order chi connectivity index (χ0) is 18.3. The second-order valence-corrected chi connectivity index (χ2v) is 6.55. The van der Waals surface area contributed by atoms with Crippen molar-refractivity contribution in [3.63, 3.8) is 0 Å². The van der Waals surface area contributed by atoms with Crippen LogP contribution in [0.25, 0.3) is 0 Å². The van der Waals surface area contributed by atoms with Gasteiger partial charge < -0.3 is 9.80 Å². The molecule has 6 heteroatoms. The van der Waals surface area contributed by atoms with Crippen molar-refractivity contribution in [2.24, 2.45) is 0 Å². The second-order valence-electron chi connectivity index (χ2n) is 6.55. The lowest BCUT2D eigenvalue weighted by molar-refractivity contribution is 0.0925. The van der Waals surface area contributed by atoms with E-state index in [0.29, 0.717) is 11.1 Å². The molecule has 0 radical (unpaired) electrons. The molecular weight excluding hydrogens is 333 g/mol. The second kappa shape index (κ2) is 6.53. The van der Waals surface area contributed by atoms with Crippen molar-refractivity contribution in [2.45, 2.75) is 6.92 Å². The number of rotatable bonds is 3. The number of hydrogen-bond acceptors (Lipinski definition) is 4. The summed E-state index contributed by atoms with van der Waals surface area (Å²) in [6, 6.07) is 11.3. The van der Waals surface area contributed by atoms with Crippen molar-refractivity contribution in [3.05, 3.63) is 59.4 Å². The standard InChI is InChI=1S/C20H20FN3O2/c1-2-22-9-11-23(12-10-22)14-7-8-18(17(21)13-14)24-19(25)15-5-3-4-6-16(15)20(24)26/h3-8,13H,2,9-12H2,1H3. The number of fused-ring (bicyclic) bond motifs is 1. The maximum Gasteiger partial charge on any atom is 0.266 e. The Hall–Kier alpha value is -2.73. The molecule has 0 aromatic heterocycles. The fourth-order valence-electron chi connectivity index (χ4n) is 3.60. The number of benzene rings is 2. The lowest BCUT2D eigenvalue weighted by atomic mass is 10.1. The van der Waals surface area contributed by atoms with Crippen LogP contribution in [0.15, 0.2) is 42.5 Å². The van der Waals surface area contributed by atoms with Crippen LogP contribution >= 0.6 is 0 Å². The fraction of sp³-hybridized carbons (Fsp3) is 0.300. The largest absolute Gasteiger partial charge is 0.369 e. The molecule has 0 aliphatic carbocycles. The number of anilines is 2. The van der Waals surface area contributed by atoms with E-state index in [1.807, 2.05) is 0 Å². The van der Waals surface area contributed by atoms with Crippen molar-refractivity contribution in [1.82, 2.24) is 4.90 Å². The van der Waals surface area contributed by atoms with Gasteiger partial charge in [-0.3, -0.25) is 9.59 Å². The Labute approximate surface area is 151 Å². The highest BCUT2D eigenvalue weighted by Gasteiger charge is 2.37. The van der Waals surface area contributed by atoms with E-state index in [1.54, 1.807) is 30.3 Å². The maximum atomic E-state index is 14.8. The number of nitrogens with zero attached hydrogens (tertiary/aromatic N) is 3. The van der Waals surface area contributed by atoms with Gasteiger partial charge in [-0.15, -0.1) is 0 Å². The van der Waals surface area contributed by atoms with Crippen LogP contribution < -0.4 is 9.80 Å². The highest BCUT2D eigenvalue weighted by atomic mass is 19.1. The number of imide groups is 1. The van der Waals surface area contributed by atoms with Crippen LogP contribution in [-0.4, -0.2) is 49.4 Å². The molecule has 0 unspecified atom stereocenters. The van der Waals surface area contributed by atoms with Crippen molar-refractivity contribution in [2.75, 3.05) is 42.5 Å². The number of carbonyl (C=O) groups excluding carboxylic acids is 2. The van der Waals surface area contributed by atoms with E-state index in [9.17, 15) is 14.0 Å². The zero-order valence-corrected chi connectivity index (χ0v) is 14.6. The fourth-order valence-corrected chi connectivity index (χ4v) is 3.60. The molecule has 26 heavy (non-hydrogen) atoms. The predicted molar refractivity (Wildman–Crippen MR) is 98.3 cm³/mol. The molecule has 2 aromatic rings. The van der Waals surface area contributed by atoms with Crippen LogP contribution in [0.2, 0.25) is 0 Å². The Kier molecular flexibility index (Phi) is 4.20. The minimum absolute atomic E-state index is 0.00661. The first-order valence-corrected chi connectivity index (χ1v) is 8.85. The molecule has 2 aliphatic heterocycles. The number of halogens is 1. The van der Waals surface area contributed by atoms with Gasteiger partial charge in [0.1, 0.15) is 5.82 Å².